The zero-order valence-electron chi connectivity index (χ0n) is 10.9. The number of aliphatic hydroxyl groups excluding tert-OH is 1. The molecular formula is C16H16O4. The van der Waals surface area contributed by atoms with Crippen molar-refractivity contribution in [1.82, 2.24) is 0 Å². The number of aliphatic carboxylic acids is 1. The van der Waals surface area contributed by atoms with Crippen molar-refractivity contribution in [3.63, 3.8) is 0 Å². The summed E-state index contributed by atoms with van der Waals surface area (Å²) in [5, 5.41) is 17.6. The average Bonchev–Trinajstić information content (AvgIpc) is 2.49. The highest BCUT2D eigenvalue weighted by Gasteiger charge is 2.16. The molecule has 0 aliphatic heterocycles. The van der Waals surface area contributed by atoms with Gasteiger partial charge in [0.25, 0.3) is 0 Å². The minimum Gasteiger partial charge on any atom is -0.479 e. The first-order valence-corrected chi connectivity index (χ1v) is 6.30. The second-order valence-electron chi connectivity index (χ2n) is 4.38. The molecular weight excluding hydrogens is 256 g/mol. The van der Waals surface area contributed by atoms with Crippen LogP contribution in [0.5, 0.6) is 0 Å². The van der Waals surface area contributed by atoms with E-state index in [-0.39, 0.29) is 6.61 Å². The van der Waals surface area contributed by atoms with E-state index in [1.807, 2.05) is 54.6 Å². The van der Waals surface area contributed by atoms with E-state index < -0.39 is 18.7 Å². The molecule has 0 heterocycles. The number of aliphatic hydroxyl groups is 1. The third-order valence-corrected chi connectivity index (χ3v) is 2.95. The van der Waals surface area contributed by atoms with Gasteiger partial charge in [0, 0.05) is 0 Å². The fraction of sp³-hybridized carbons (Fsp3) is 0.188. The topological polar surface area (TPSA) is 66.8 Å². The molecule has 2 N–H and O–H groups in total. The molecule has 2 rings (SSSR count). The zero-order chi connectivity index (χ0) is 14.4. The van der Waals surface area contributed by atoms with Gasteiger partial charge in [-0.05, 0) is 16.7 Å². The van der Waals surface area contributed by atoms with E-state index in [2.05, 4.69) is 0 Å². The third kappa shape index (κ3) is 3.66. The summed E-state index contributed by atoms with van der Waals surface area (Å²) in [6.45, 7) is -0.371. The van der Waals surface area contributed by atoms with Gasteiger partial charge < -0.3 is 14.9 Å². The lowest BCUT2D eigenvalue weighted by molar-refractivity contribution is -0.153. The molecule has 2 aromatic carbocycles. The summed E-state index contributed by atoms with van der Waals surface area (Å²) in [7, 11) is 0. The van der Waals surface area contributed by atoms with Crippen LogP contribution in [0.2, 0.25) is 0 Å². The zero-order valence-corrected chi connectivity index (χ0v) is 10.9. The van der Waals surface area contributed by atoms with Gasteiger partial charge in [-0.15, -0.1) is 0 Å². The molecule has 0 amide bonds. The SMILES string of the molecule is O=C(O)[C@@H](CO)OCc1ccc(-c2ccccc2)cc1. The normalized spacial score (nSPS) is 12.1. The first-order chi connectivity index (χ1) is 9.70. The summed E-state index contributed by atoms with van der Waals surface area (Å²) in [4.78, 5) is 10.7. The van der Waals surface area contributed by atoms with Crippen LogP contribution in [0.3, 0.4) is 0 Å². The van der Waals surface area contributed by atoms with Gasteiger partial charge in [-0.1, -0.05) is 54.6 Å². The molecule has 0 fully saturated rings. The predicted molar refractivity (Wildman–Crippen MR) is 75.2 cm³/mol. The molecule has 0 radical (unpaired) electrons. The second kappa shape index (κ2) is 6.84. The molecule has 2 aromatic rings. The van der Waals surface area contributed by atoms with Crippen LogP contribution in [-0.2, 0) is 16.1 Å². The van der Waals surface area contributed by atoms with E-state index in [0.717, 1.165) is 16.7 Å². The summed E-state index contributed by atoms with van der Waals surface area (Å²) in [6.07, 6.45) is -1.18. The Morgan fingerprint density at radius 1 is 1.00 bits per heavy atom. The van der Waals surface area contributed by atoms with Gasteiger partial charge >= 0.3 is 5.97 Å². The Labute approximate surface area is 117 Å². The number of carbonyl (C=O) groups is 1. The summed E-state index contributed by atoms with van der Waals surface area (Å²) in [5.74, 6) is -1.16. The number of benzene rings is 2. The largest absolute Gasteiger partial charge is 0.479 e. The van der Waals surface area contributed by atoms with Gasteiger partial charge in [0.1, 0.15) is 0 Å². The van der Waals surface area contributed by atoms with Crippen LogP contribution in [0, 0.1) is 0 Å². The van der Waals surface area contributed by atoms with Gasteiger partial charge in [0.15, 0.2) is 6.10 Å². The second-order valence-corrected chi connectivity index (χ2v) is 4.38. The standard InChI is InChI=1S/C16H16O4/c17-10-15(16(18)19)20-11-12-6-8-14(9-7-12)13-4-2-1-3-5-13/h1-9,15,17H,10-11H2,(H,18,19)/t15-/m1/s1. The van der Waals surface area contributed by atoms with E-state index in [0.29, 0.717) is 0 Å². The number of hydrogen-bond acceptors (Lipinski definition) is 3. The Morgan fingerprint density at radius 3 is 2.15 bits per heavy atom. The summed E-state index contributed by atoms with van der Waals surface area (Å²) in [6, 6.07) is 17.7. The maximum absolute atomic E-state index is 10.7. The van der Waals surface area contributed by atoms with E-state index in [1.165, 1.54) is 0 Å². The van der Waals surface area contributed by atoms with E-state index >= 15 is 0 Å². The number of rotatable bonds is 6. The predicted octanol–water partition coefficient (Wildman–Crippen LogP) is 2.32. The molecule has 20 heavy (non-hydrogen) atoms. The molecule has 0 bridgehead atoms. The minimum atomic E-state index is -1.18. The molecule has 0 unspecified atom stereocenters. The number of carboxylic acid groups (broad SMARTS) is 1. The molecule has 4 nitrogen and oxygen atoms in total. The molecule has 0 aliphatic carbocycles. The quantitative estimate of drug-likeness (QED) is 0.847. The molecule has 104 valence electrons. The molecule has 4 heteroatoms. The highest BCUT2D eigenvalue weighted by molar-refractivity contribution is 5.72. The Bertz CT molecular complexity index is 548. The third-order valence-electron chi connectivity index (χ3n) is 2.95. The smallest absolute Gasteiger partial charge is 0.335 e. The van der Waals surface area contributed by atoms with Gasteiger partial charge in [0.2, 0.25) is 0 Å². The number of hydrogen-bond donors (Lipinski definition) is 2. The van der Waals surface area contributed by atoms with Crippen molar-refractivity contribution in [3.8, 4) is 11.1 Å². The maximum atomic E-state index is 10.7. The van der Waals surface area contributed by atoms with Crippen molar-refractivity contribution in [2.24, 2.45) is 0 Å². The Balaban J connectivity index is 2.00. The summed E-state index contributed by atoms with van der Waals surface area (Å²) >= 11 is 0. The van der Waals surface area contributed by atoms with Crippen LogP contribution in [0.1, 0.15) is 5.56 Å². The van der Waals surface area contributed by atoms with Gasteiger partial charge in [0.05, 0.1) is 13.2 Å². The van der Waals surface area contributed by atoms with Crippen molar-refractivity contribution in [3.05, 3.63) is 60.2 Å². The fourth-order valence-electron chi connectivity index (χ4n) is 1.82. The number of carboxylic acids is 1. The molecule has 0 aliphatic rings. The molecule has 0 saturated carbocycles. The Kier molecular flexibility index (Phi) is 4.87. The lowest BCUT2D eigenvalue weighted by atomic mass is 10.0. The molecule has 1 atom stereocenters. The Morgan fingerprint density at radius 2 is 1.60 bits per heavy atom. The van der Waals surface area contributed by atoms with Crippen LogP contribution < -0.4 is 0 Å². The average molecular weight is 272 g/mol. The number of ether oxygens (including phenoxy) is 1. The van der Waals surface area contributed by atoms with Crippen molar-refractivity contribution >= 4 is 5.97 Å². The minimum absolute atomic E-state index is 0.159. The van der Waals surface area contributed by atoms with Gasteiger partial charge in [-0.25, -0.2) is 4.79 Å². The first kappa shape index (κ1) is 14.2. The summed E-state index contributed by atoms with van der Waals surface area (Å²) in [5.41, 5.74) is 3.08. The molecule has 0 spiro atoms. The monoisotopic (exact) mass is 272 g/mol. The van der Waals surface area contributed by atoms with Crippen molar-refractivity contribution in [2.75, 3.05) is 6.61 Å². The lowest BCUT2D eigenvalue weighted by Crippen LogP contribution is -2.27. The fourth-order valence-corrected chi connectivity index (χ4v) is 1.82. The van der Waals surface area contributed by atoms with Crippen LogP contribution in [0.15, 0.2) is 54.6 Å². The van der Waals surface area contributed by atoms with Crippen molar-refractivity contribution in [2.45, 2.75) is 12.7 Å². The maximum Gasteiger partial charge on any atom is 0.335 e. The van der Waals surface area contributed by atoms with E-state index in [1.54, 1.807) is 0 Å². The summed E-state index contributed by atoms with van der Waals surface area (Å²) < 4.78 is 5.13. The molecule has 0 saturated heterocycles. The first-order valence-electron chi connectivity index (χ1n) is 6.30. The van der Waals surface area contributed by atoms with Gasteiger partial charge in [-0.3, -0.25) is 0 Å². The van der Waals surface area contributed by atoms with E-state index in [9.17, 15) is 4.79 Å². The molecule has 0 aromatic heterocycles. The van der Waals surface area contributed by atoms with Crippen molar-refractivity contribution in [1.29, 1.82) is 0 Å². The van der Waals surface area contributed by atoms with Crippen LogP contribution in [0.25, 0.3) is 11.1 Å². The van der Waals surface area contributed by atoms with Crippen LogP contribution in [-0.4, -0.2) is 28.9 Å². The van der Waals surface area contributed by atoms with Gasteiger partial charge in [-0.2, -0.15) is 0 Å². The highest BCUT2D eigenvalue weighted by atomic mass is 16.5. The Hall–Kier alpha value is -2.17. The van der Waals surface area contributed by atoms with Crippen LogP contribution in [0.4, 0.5) is 0 Å². The van der Waals surface area contributed by atoms with Crippen molar-refractivity contribution < 1.29 is 19.7 Å². The highest BCUT2D eigenvalue weighted by Crippen LogP contribution is 2.19. The lowest BCUT2D eigenvalue weighted by Gasteiger charge is -2.11. The van der Waals surface area contributed by atoms with Crippen LogP contribution >= 0.6 is 0 Å². The van der Waals surface area contributed by atoms with E-state index in [4.69, 9.17) is 14.9 Å².